The maximum absolute atomic E-state index is 12.9. The van der Waals surface area contributed by atoms with Gasteiger partial charge in [0.15, 0.2) is 0 Å². The number of halogens is 1. The standard InChI is InChI=1S/C32H31ClO3Si/c1-32(2,3)37(27-13-6-4-7-14-27,28-15-8-5-9-16-28)36-26-12-10-11-24(21-26)30-20-18-23-17-19-25(33)22-29(23)31(34)35-30/h4-9,11,13-22,30H,10,12H2,1-3H3. The average molecular weight is 527 g/mol. The Labute approximate surface area is 225 Å². The lowest BCUT2D eigenvalue weighted by molar-refractivity contribution is 0.0455. The van der Waals surface area contributed by atoms with Crippen LogP contribution in [0.4, 0.5) is 0 Å². The van der Waals surface area contributed by atoms with E-state index >= 15 is 0 Å². The topological polar surface area (TPSA) is 35.5 Å². The quantitative estimate of drug-likeness (QED) is 0.263. The molecule has 2 aliphatic rings. The Morgan fingerprint density at radius 3 is 2.22 bits per heavy atom. The van der Waals surface area contributed by atoms with Gasteiger partial charge in [-0.15, -0.1) is 0 Å². The molecule has 0 N–H and O–H groups in total. The highest BCUT2D eigenvalue weighted by Crippen LogP contribution is 2.39. The van der Waals surface area contributed by atoms with E-state index in [1.807, 2.05) is 18.2 Å². The van der Waals surface area contributed by atoms with E-state index in [1.54, 1.807) is 12.1 Å². The molecule has 0 radical (unpaired) electrons. The van der Waals surface area contributed by atoms with Crippen molar-refractivity contribution < 1.29 is 14.0 Å². The molecule has 5 heteroatoms. The summed E-state index contributed by atoms with van der Waals surface area (Å²) in [5.74, 6) is 0.558. The van der Waals surface area contributed by atoms with Crippen molar-refractivity contribution in [2.75, 3.05) is 0 Å². The molecule has 3 nitrogen and oxygen atoms in total. The van der Waals surface area contributed by atoms with Crippen LogP contribution >= 0.6 is 11.6 Å². The van der Waals surface area contributed by atoms with Crippen LogP contribution in [-0.2, 0) is 9.16 Å². The molecule has 1 atom stereocenters. The first kappa shape index (κ1) is 25.3. The molecule has 188 valence electrons. The van der Waals surface area contributed by atoms with Crippen LogP contribution < -0.4 is 10.4 Å². The van der Waals surface area contributed by atoms with E-state index < -0.39 is 14.4 Å². The van der Waals surface area contributed by atoms with E-state index in [-0.39, 0.29) is 11.0 Å². The molecule has 1 unspecified atom stereocenters. The van der Waals surface area contributed by atoms with Crippen molar-refractivity contribution in [3.8, 4) is 0 Å². The summed E-state index contributed by atoms with van der Waals surface area (Å²) >= 11 is 6.13. The molecule has 0 bridgehead atoms. The maximum Gasteiger partial charge on any atom is 0.339 e. The van der Waals surface area contributed by atoms with Crippen molar-refractivity contribution in [1.29, 1.82) is 0 Å². The molecule has 0 spiro atoms. The van der Waals surface area contributed by atoms with Gasteiger partial charge in [-0.2, -0.15) is 0 Å². The Balaban J connectivity index is 1.52. The zero-order valence-corrected chi connectivity index (χ0v) is 23.2. The first-order valence-corrected chi connectivity index (χ1v) is 15.0. The number of carbonyl (C=O) groups is 1. The monoisotopic (exact) mass is 526 g/mol. The Morgan fingerprint density at radius 2 is 1.59 bits per heavy atom. The van der Waals surface area contributed by atoms with Gasteiger partial charge in [0, 0.05) is 11.4 Å². The first-order valence-electron chi connectivity index (χ1n) is 12.7. The van der Waals surface area contributed by atoms with Crippen LogP contribution in [0.5, 0.6) is 0 Å². The molecule has 5 rings (SSSR count). The van der Waals surface area contributed by atoms with Crippen LogP contribution in [0.1, 0.15) is 49.5 Å². The molecule has 1 aliphatic carbocycles. The minimum Gasteiger partial charge on any atom is -0.537 e. The number of rotatable bonds is 5. The van der Waals surface area contributed by atoms with E-state index in [0.29, 0.717) is 10.6 Å². The Morgan fingerprint density at radius 1 is 0.946 bits per heavy atom. The SMILES string of the molecule is CC(C)(C)[Si](OC1=CC(C2C=Cc3ccc(Cl)cc3C(=O)O2)=CCC1)(c1ccccc1)c1ccccc1. The van der Waals surface area contributed by atoms with Crippen LogP contribution in [0.3, 0.4) is 0 Å². The normalized spacial score (nSPS) is 17.7. The molecule has 3 aromatic carbocycles. The highest BCUT2D eigenvalue weighted by molar-refractivity contribution is 6.99. The number of ether oxygens (including phenoxy) is 1. The van der Waals surface area contributed by atoms with Gasteiger partial charge in [-0.3, -0.25) is 0 Å². The zero-order chi connectivity index (χ0) is 26.0. The minimum atomic E-state index is -2.73. The lowest BCUT2D eigenvalue weighted by Gasteiger charge is -2.44. The summed E-state index contributed by atoms with van der Waals surface area (Å²) in [4.78, 5) is 12.9. The van der Waals surface area contributed by atoms with Gasteiger partial charge in [-0.05, 0) is 57.3 Å². The van der Waals surface area contributed by atoms with Crippen molar-refractivity contribution in [2.45, 2.75) is 44.8 Å². The molecule has 37 heavy (non-hydrogen) atoms. The van der Waals surface area contributed by atoms with Gasteiger partial charge >= 0.3 is 14.3 Å². The number of esters is 1. The number of hydrogen-bond acceptors (Lipinski definition) is 3. The lowest BCUT2D eigenvalue weighted by atomic mass is 10.00. The highest BCUT2D eigenvalue weighted by Gasteiger charge is 2.52. The van der Waals surface area contributed by atoms with E-state index in [2.05, 4.69) is 93.6 Å². The summed E-state index contributed by atoms with van der Waals surface area (Å²) in [5.41, 5.74) is 2.22. The zero-order valence-electron chi connectivity index (χ0n) is 21.4. The van der Waals surface area contributed by atoms with Crippen molar-refractivity contribution >= 4 is 42.3 Å². The second-order valence-corrected chi connectivity index (χ2v) is 15.2. The van der Waals surface area contributed by atoms with Crippen molar-refractivity contribution in [2.24, 2.45) is 0 Å². The third-order valence-electron chi connectivity index (χ3n) is 7.05. The molecule has 0 saturated carbocycles. The van der Waals surface area contributed by atoms with Crippen molar-refractivity contribution in [3.63, 3.8) is 0 Å². The molecule has 3 aromatic rings. The van der Waals surface area contributed by atoms with Crippen LogP contribution in [0.2, 0.25) is 10.1 Å². The van der Waals surface area contributed by atoms with Crippen LogP contribution in [0.15, 0.2) is 108 Å². The summed E-state index contributed by atoms with van der Waals surface area (Å²) in [6.45, 7) is 6.83. The summed E-state index contributed by atoms with van der Waals surface area (Å²) in [6.07, 6.45) is 9.22. The molecule has 0 saturated heterocycles. The fourth-order valence-corrected chi connectivity index (χ4v) is 9.92. The molecule has 0 aromatic heterocycles. The Kier molecular flexibility index (Phi) is 6.97. The fraction of sp³-hybridized carbons (Fsp3) is 0.219. The number of carbonyl (C=O) groups excluding carboxylic acids is 1. The number of hydrogen-bond donors (Lipinski definition) is 0. The molecule has 0 fully saturated rings. The number of fused-ring (bicyclic) bond motifs is 1. The van der Waals surface area contributed by atoms with E-state index in [0.717, 1.165) is 29.7 Å². The second-order valence-electron chi connectivity index (χ2n) is 10.5. The third-order valence-corrected chi connectivity index (χ3v) is 12.3. The summed E-state index contributed by atoms with van der Waals surface area (Å²) in [7, 11) is -2.73. The van der Waals surface area contributed by atoms with Gasteiger partial charge < -0.3 is 9.16 Å². The molecule has 1 aliphatic heterocycles. The van der Waals surface area contributed by atoms with Crippen molar-refractivity contribution in [1.82, 2.24) is 0 Å². The maximum atomic E-state index is 12.9. The lowest BCUT2D eigenvalue weighted by Crippen LogP contribution is -2.66. The Bertz CT molecular complexity index is 1350. The van der Waals surface area contributed by atoms with E-state index in [1.165, 1.54) is 10.4 Å². The van der Waals surface area contributed by atoms with Gasteiger partial charge in [0.05, 0.1) is 11.3 Å². The Hall–Kier alpha value is -3.34. The van der Waals surface area contributed by atoms with Crippen LogP contribution in [-0.4, -0.2) is 20.4 Å². The molecular formula is C32H31ClO3Si. The third kappa shape index (κ3) is 4.96. The van der Waals surface area contributed by atoms with Gasteiger partial charge in [0.25, 0.3) is 0 Å². The predicted octanol–water partition coefficient (Wildman–Crippen LogP) is 7.07. The minimum absolute atomic E-state index is 0.131. The first-order chi connectivity index (χ1) is 17.8. The largest absolute Gasteiger partial charge is 0.537 e. The highest BCUT2D eigenvalue weighted by atomic mass is 35.5. The molecule has 0 amide bonds. The van der Waals surface area contributed by atoms with E-state index in [4.69, 9.17) is 20.8 Å². The van der Waals surface area contributed by atoms with Crippen LogP contribution in [0, 0.1) is 0 Å². The summed E-state index contributed by atoms with van der Waals surface area (Å²) in [5, 5.41) is 2.85. The summed E-state index contributed by atoms with van der Waals surface area (Å²) < 4.78 is 13.2. The fourth-order valence-electron chi connectivity index (χ4n) is 5.26. The number of allylic oxidation sites excluding steroid dienone is 2. The van der Waals surface area contributed by atoms with Gasteiger partial charge in [0.1, 0.15) is 6.10 Å². The second kappa shape index (κ2) is 10.2. The van der Waals surface area contributed by atoms with Gasteiger partial charge in [-0.25, -0.2) is 4.79 Å². The van der Waals surface area contributed by atoms with Crippen molar-refractivity contribution in [3.05, 3.63) is 125 Å². The molecule has 1 heterocycles. The predicted molar refractivity (Wildman–Crippen MR) is 154 cm³/mol. The summed E-state index contributed by atoms with van der Waals surface area (Å²) in [6, 6.07) is 26.6. The number of cyclic esters (lactones) is 1. The molecular weight excluding hydrogens is 496 g/mol. The average Bonchev–Trinajstić information content (AvgIpc) is 3.06. The van der Waals surface area contributed by atoms with Crippen LogP contribution in [0.25, 0.3) is 6.08 Å². The smallest absolute Gasteiger partial charge is 0.339 e. The number of benzene rings is 3. The van der Waals surface area contributed by atoms with Gasteiger partial charge in [0.2, 0.25) is 0 Å². The van der Waals surface area contributed by atoms with Gasteiger partial charge in [-0.1, -0.05) is 111 Å². The van der Waals surface area contributed by atoms with E-state index in [9.17, 15) is 4.79 Å².